The highest BCUT2D eigenvalue weighted by atomic mass is 16.5. The number of methoxy groups -OCH3 is 1. The standard InChI is InChI=1S/C29H44N8O3.2C4H4O4/c1-4-23-28(31-20-9-17-40-18-10-20)34-29(26(33-23)27(30)38)32-21-5-6-24(25(19-21)39-3)37-11-7-22(8-12-37)36-15-13-35(2)14-16-36;2*5-3(6)1-2-4(7)8/h5-6,19-20,22H,4,7-18H2,1-3H3,(H2,30,38)(H2,31,32,34);2*1-2H,(H,5,6)(H,7,8)/b;2*2-1+. The van der Waals surface area contributed by atoms with E-state index in [9.17, 15) is 24.0 Å². The van der Waals surface area contributed by atoms with Gasteiger partial charge in [0.05, 0.1) is 18.5 Å². The summed E-state index contributed by atoms with van der Waals surface area (Å²) < 4.78 is 11.3. The average molecular weight is 785 g/mol. The summed E-state index contributed by atoms with van der Waals surface area (Å²) in [5, 5.41) is 38.1. The molecule has 4 heterocycles. The van der Waals surface area contributed by atoms with E-state index >= 15 is 0 Å². The van der Waals surface area contributed by atoms with Gasteiger partial charge in [0.25, 0.3) is 5.91 Å². The zero-order valence-electron chi connectivity index (χ0n) is 31.8. The molecule has 2 aromatic rings. The lowest BCUT2D eigenvalue weighted by molar-refractivity contribution is -0.134. The number of nitrogens with one attached hydrogen (secondary N) is 2. The number of piperazine rings is 1. The van der Waals surface area contributed by atoms with E-state index in [4.69, 9.17) is 40.6 Å². The lowest BCUT2D eigenvalue weighted by Crippen LogP contribution is -2.52. The molecule has 19 heteroatoms. The van der Waals surface area contributed by atoms with Gasteiger partial charge >= 0.3 is 23.9 Å². The number of likely N-dealkylation sites (N-methyl/N-ethyl adjacent to an activating group) is 1. The summed E-state index contributed by atoms with van der Waals surface area (Å²) in [6, 6.07) is 6.93. The molecule has 0 spiro atoms. The van der Waals surface area contributed by atoms with Crippen molar-refractivity contribution in [3.05, 3.63) is 53.9 Å². The molecule has 1 aromatic heterocycles. The second-order valence-corrected chi connectivity index (χ2v) is 13.1. The summed E-state index contributed by atoms with van der Waals surface area (Å²) in [5.41, 5.74) is 8.40. The van der Waals surface area contributed by atoms with E-state index in [1.807, 2.05) is 19.1 Å². The van der Waals surface area contributed by atoms with Crippen molar-refractivity contribution in [3.8, 4) is 5.75 Å². The number of rotatable bonds is 13. The number of hydrogen-bond donors (Lipinski definition) is 7. The summed E-state index contributed by atoms with van der Waals surface area (Å²) in [6.07, 6.45) is 6.96. The normalized spacial score (nSPS) is 16.9. The number of aryl methyl sites for hydroxylation is 1. The first-order chi connectivity index (χ1) is 26.7. The molecule has 1 aromatic carbocycles. The summed E-state index contributed by atoms with van der Waals surface area (Å²) in [4.78, 5) is 67.4. The van der Waals surface area contributed by atoms with Gasteiger partial charge in [-0.2, -0.15) is 0 Å². The van der Waals surface area contributed by atoms with Crippen LogP contribution in [0.1, 0.15) is 48.8 Å². The molecule has 0 radical (unpaired) electrons. The molecule has 3 fully saturated rings. The Balaban J connectivity index is 0.000000441. The lowest BCUT2D eigenvalue weighted by atomic mass is 10.0. The molecule has 0 saturated carbocycles. The van der Waals surface area contributed by atoms with Crippen LogP contribution in [0.2, 0.25) is 0 Å². The molecule has 3 saturated heterocycles. The van der Waals surface area contributed by atoms with Crippen molar-refractivity contribution in [1.82, 2.24) is 19.8 Å². The number of primary amides is 1. The molecule has 56 heavy (non-hydrogen) atoms. The highest BCUT2D eigenvalue weighted by Gasteiger charge is 2.28. The number of carboxylic acid groups (broad SMARTS) is 4. The van der Waals surface area contributed by atoms with Gasteiger partial charge in [-0.15, -0.1) is 0 Å². The largest absolute Gasteiger partial charge is 0.495 e. The second kappa shape index (κ2) is 22.6. The van der Waals surface area contributed by atoms with Gasteiger partial charge in [0.15, 0.2) is 17.3 Å². The Morgan fingerprint density at radius 2 is 1.39 bits per heavy atom. The number of carboxylic acids is 4. The van der Waals surface area contributed by atoms with Crippen LogP contribution in [0.15, 0.2) is 42.5 Å². The van der Waals surface area contributed by atoms with E-state index in [0.29, 0.717) is 48.4 Å². The Hall–Kier alpha value is -5.79. The first kappa shape index (κ1) is 44.6. The summed E-state index contributed by atoms with van der Waals surface area (Å²) in [5.74, 6) is -3.85. The van der Waals surface area contributed by atoms with E-state index in [1.54, 1.807) is 7.11 Å². The van der Waals surface area contributed by atoms with E-state index in [0.717, 1.165) is 101 Å². The van der Waals surface area contributed by atoms with Crippen molar-refractivity contribution in [2.75, 3.05) is 82.2 Å². The number of anilines is 4. The lowest BCUT2D eigenvalue weighted by Gasteiger charge is -2.42. The van der Waals surface area contributed by atoms with Crippen molar-refractivity contribution in [2.24, 2.45) is 5.73 Å². The van der Waals surface area contributed by atoms with Gasteiger partial charge < -0.3 is 56.1 Å². The molecule has 3 aliphatic rings. The highest BCUT2D eigenvalue weighted by Crippen LogP contribution is 2.35. The van der Waals surface area contributed by atoms with Crippen molar-refractivity contribution in [2.45, 2.75) is 51.1 Å². The molecule has 8 N–H and O–H groups in total. The summed E-state index contributed by atoms with van der Waals surface area (Å²) in [6.45, 7) is 10.0. The molecular weight excluding hydrogens is 732 g/mol. The Morgan fingerprint density at radius 1 is 0.839 bits per heavy atom. The van der Waals surface area contributed by atoms with Crippen LogP contribution in [-0.2, 0) is 30.3 Å². The maximum Gasteiger partial charge on any atom is 0.328 e. The first-order valence-corrected chi connectivity index (χ1v) is 18.2. The van der Waals surface area contributed by atoms with Crippen molar-refractivity contribution in [3.63, 3.8) is 0 Å². The van der Waals surface area contributed by atoms with Crippen LogP contribution < -0.4 is 26.0 Å². The molecule has 5 rings (SSSR count). The average Bonchev–Trinajstić information content (AvgIpc) is 3.17. The quantitative estimate of drug-likeness (QED) is 0.143. The van der Waals surface area contributed by atoms with Gasteiger partial charge in [-0.25, -0.2) is 29.1 Å². The van der Waals surface area contributed by atoms with Crippen molar-refractivity contribution < 1.29 is 53.9 Å². The third kappa shape index (κ3) is 14.8. The van der Waals surface area contributed by atoms with Gasteiger partial charge in [0.2, 0.25) is 0 Å². The van der Waals surface area contributed by atoms with E-state index in [1.165, 1.54) is 0 Å². The number of piperidine rings is 1. The van der Waals surface area contributed by atoms with Crippen molar-refractivity contribution >= 4 is 52.8 Å². The number of aliphatic carboxylic acids is 4. The number of aromatic nitrogens is 2. The molecule has 306 valence electrons. The van der Waals surface area contributed by atoms with Crippen LogP contribution in [0.3, 0.4) is 0 Å². The third-order valence-electron chi connectivity index (χ3n) is 9.14. The molecule has 0 atom stereocenters. The topological polar surface area (TPSA) is 270 Å². The first-order valence-electron chi connectivity index (χ1n) is 18.2. The molecule has 0 aliphatic carbocycles. The third-order valence-corrected chi connectivity index (χ3v) is 9.14. The number of carbonyl (C=O) groups is 5. The van der Waals surface area contributed by atoms with Crippen molar-refractivity contribution in [1.29, 1.82) is 0 Å². The van der Waals surface area contributed by atoms with E-state index < -0.39 is 29.8 Å². The maximum absolute atomic E-state index is 12.3. The van der Waals surface area contributed by atoms with E-state index in [-0.39, 0.29) is 11.7 Å². The van der Waals surface area contributed by atoms with Gasteiger partial charge in [-0.3, -0.25) is 9.69 Å². The van der Waals surface area contributed by atoms with Gasteiger partial charge in [-0.1, -0.05) is 6.92 Å². The molecular formula is C37H52N8O11. The minimum Gasteiger partial charge on any atom is -0.495 e. The number of nitrogens with zero attached hydrogens (tertiary/aromatic N) is 5. The summed E-state index contributed by atoms with van der Waals surface area (Å²) in [7, 11) is 3.90. The summed E-state index contributed by atoms with van der Waals surface area (Å²) >= 11 is 0. The smallest absolute Gasteiger partial charge is 0.328 e. The second-order valence-electron chi connectivity index (χ2n) is 13.1. The molecule has 0 bridgehead atoms. The number of hydrogen-bond acceptors (Lipinski definition) is 14. The molecule has 19 nitrogen and oxygen atoms in total. The fraction of sp³-hybridized carbons (Fsp3) is 0.486. The van der Waals surface area contributed by atoms with Crippen LogP contribution in [0.5, 0.6) is 5.75 Å². The molecule has 0 unspecified atom stereocenters. The predicted molar refractivity (Wildman–Crippen MR) is 207 cm³/mol. The van der Waals surface area contributed by atoms with Crippen LogP contribution in [-0.4, -0.2) is 149 Å². The number of carbonyl (C=O) groups excluding carboxylic acids is 1. The highest BCUT2D eigenvalue weighted by molar-refractivity contribution is 5.96. The number of ether oxygens (including phenoxy) is 2. The van der Waals surface area contributed by atoms with E-state index in [2.05, 4.69) is 43.4 Å². The molecule has 1 amide bonds. The minimum absolute atomic E-state index is 0.128. The monoisotopic (exact) mass is 784 g/mol. The number of amides is 1. The van der Waals surface area contributed by atoms with Crippen LogP contribution in [0, 0.1) is 0 Å². The Morgan fingerprint density at radius 3 is 1.88 bits per heavy atom. The molecule has 3 aliphatic heterocycles. The Kier molecular flexibility index (Phi) is 18.0. The van der Waals surface area contributed by atoms with Crippen LogP contribution >= 0.6 is 0 Å². The van der Waals surface area contributed by atoms with Gasteiger partial charge in [0.1, 0.15) is 5.75 Å². The minimum atomic E-state index is -1.26. The zero-order chi connectivity index (χ0) is 41.2. The SMILES string of the molecule is CCc1nc(C(N)=O)c(Nc2ccc(N3CCC(N4CCN(C)CC4)CC3)c(OC)c2)nc1NC1CCOCC1.O=C(O)/C=C/C(=O)O.O=C(O)/C=C/C(=O)O. The maximum atomic E-state index is 12.3. The van der Waals surface area contributed by atoms with Gasteiger partial charge in [-0.05, 0) is 51.3 Å². The Bertz CT molecular complexity index is 1650. The van der Waals surface area contributed by atoms with Gasteiger partial charge in [0, 0.05) is 101 Å². The predicted octanol–water partition coefficient (Wildman–Crippen LogP) is 2.12. The number of benzene rings is 1. The fourth-order valence-electron chi connectivity index (χ4n) is 6.22. The Labute approximate surface area is 324 Å². The number of nitrogens with two attached hydrogens (primary N) is 1. The zero-order valence-corrected chi connectivity index (χ0v) is 31.8. The van der Waals surface area contributed by atoms with Crippen LogP contribution in [0.25, 0.3) is 0 Å². The van der Waals surface area contributed by atoms with Crippen LogP contribution in [0.4, 0.5) is 23.0 Å². The fourth-order valence-corrected chi connectivity index (χ4v) is 6.22.